The number of nitrogens with one attached hydrogen (secondary N) is 2. The van der Waals surface area contributed by atoms with E-state index in [1.165, 1.54) is 6.42 Å². The van der Waals surface area contributed by atoms with Crippen molar-refractivity contribution in [1.29, 1.82) is 0 Å². The minimum atomic E-state index is 0.126. The minimum Gasteiger partial charge on any atom is -0.359 e. The van der Waals surface area contributed by atoms with Crippen LogP contribution in [0, 0.1) is 5.92 Å². The topological polar surface area (TPSA) is 44.4 Å². The summed E-state index contributed by atoms with van der Waals surface area (Å²) in [5.74, 6) is 0.895. The molecule has 4 heteroatoms. The predicted molar refractivity (Wildman–Crippen MR) is 57.2 cm³/mol. The predicted octanol–water partition coefficient (Wildman–Crippen LogP) is -0.336. The maximum atomic E-state index is 11.0. The van der Waals surface area contributed by atoms with Gasteiger partial charge < -0.3 is 15.5 Å². The maximum Gasteiger partial charge on any atom is 0.221 e. The molecule has 1 aliphatic rings. The van der Waals surface area contributed by atoms with Gasteiger partial charge in [0, 0.05) is 26.6 Å². The van der Waals surface area contributed by atoms with E-state index in [2.05, 4.69) is 22.6 Å². The molecule has 4 nitrogen and oxygen atoms in total. The summed E-state index contributed by atoms with van der Waals surface area (Å²) in [6, 6.07) is 0. The molecule has 1 aliphatic heterocycles. The molecule has 0 saturated carbocycles. The molecule has 14 heavy (non-hydrogen) atoms. The Morgan fingerprint density at radius 2 is 2.43 bits per heavy atom. The molecule has 0 aromatic rings. The molecule has 0 aromatic carbocycles. The summed E-state index contributed by atoms with van der Waals surface area (Å²) in [5.41, 5.74) is 0. The Kier molecular flexibility index (Phi) is 4.90. The van der Waals surface area contributed by atoms with Crippen molar-refractivity contribution in [3.63, 3.8) is 0 Å². The number of amides is 1. The second-order valence-electron chi connectivity index (χ2n) is 4.04. The number of hydrogen-bond acceptors (Lipinski definition) is 3. The monoisotopic (exact) mass is 199 g/mol. The molecule has 0 aromatic heterocycles. The average Bonchev–Trinajstić information content (AvgIpc) is 2.66. The second-order valence-corrected chi connectivity index (χ2v) is 4.04. The van der Waals surface area contributed by atoms with E-state index < -0.39 is 0 Å². The lowest BCUT2D eigenvalue weighted by Crippen LogP contribution is -2.31. The maximum absolute atomic E-state index is 11.0. The molecule has 1 atom stereocenters. The third-order valence-electron chi connectivity index (χ3n) is 2.73. The van der Waals surface area contributed by atoms with Gasteiger partial charge in [-0.2, -0.15) is 0 Å². The van der Waals surface area contributed by atoms with Gasteiger partial charge in [-0.15, -0.1) is 0 Å². The number of rotatable bonds is 5. The van der Waals surface area contributed by atoms with Crippen molar-refractivity contribution in [3.05, 3.63) is 0 Å². The van der Waals surface area contributed by atoms with Crippen LogP contribution in [0.4, 0.5) is 0 Å². The summed E-state index contributed by atoms with van der Waals surface area (Å²) in [5, 5.41) is 5.98. The first-order chi connectivity index (χ1) is 6.72. The van der Waals surface area contributed by atoms with Crippen molar-refractivity contribution in [3.8, 4) is 0 Å². The summed E-state index contributed by atoms with van der Waals surface area (Å²) >= 11 is 0. The lowest BCUT2D eigenvalue weighted by Gasteiger charge is -2.19. The zero-order chi connectivity index (χ0) is 10.4. The Hall–Kier alpha value is -0.610. The number of hydrogen-bond donors (Lipinski definition) is 2. The largest absolute Gasteiger partial charge is 0.359 e. The van der Waals surface area contributed by atoms with Crippen LogP contribution in [-0.4, -0.2) is 51.1 Å². The molecule has 0 aliphatic carbocycles. The van der Waals surface area contributed by atoms with E-state index in [4.69, 9.17) is 0 Å². The first-order valence-electron chi connectivity index (χ1n) is 5.32. The lowest BCUT2D eigenvalue weighted by molar-refractivity contribution is -0.120. The lowest BCUT2D eigenvalue weighted by atomic mass is 10.1. The highest BCUT2D eigenvalue weighted by Gasteiger charge is 2.16. The Balaban J connectivity index is 2.08. The SMILES string of the molecule is CNC(=O)CCN(C)CC1CCNC1. The number of carbonyl (C=O) groups excluding carboxylic acids is 1. The van der Waals surface area contributed by atoms with E-state index >= 15 is 0 Å². The van der Waals surface area contributed by atoms with E-state index in [1.807, 2.05) is 0 Å². The Morgan fingerprint density at radius 3 is 3.00 bits per heavy atom. The van der Waals surface area contributed by atoms with Crippen molar-refractivity contribution >= 4 is 5.91 Å². The van der Waals surface area contributed by atoms with Gasteiger partial charge in [0.15, 0.2) is 0 Å². The number of carbonyl (C=O) groups is 1. The molecule has 1 unspecified atom stereocenters. The van der Waals surface area contributed by atoms with Gasteiger partial charge in [-0.3, -0.25) is 4.79 Å². The van der Waals surface area contributed by atoms with Crippen molar-refractivity contribution < 1.29 is 4.79 Å². The molecule has 82 valence electrons. The zero-order valence-corrected chi connectivity index (χ0v) is 9.18. The highest BCUT2D eigenvalue weighted by atomic mass is 16.1. The molecular weight excluding hydrogens is 178 g/mol. The molecule has 1 amide bonds. The van der Waals surface area contributed by atoms with Crippen LogP contribution in [0.3, 0.4) is 0 Å². The van der Waals surface area contributed by atoms with Gasteiger partial charge >= 0.3 is 0 Å². The van der Waals surface area contributed by atoms with Crippen LogP contribution in [0.1, 0.15) is 12.8 Å². The molecule has 0 bridgehead atoms. The summed E-state index contributed by atoms with van der Waals surface area (Å²) < 4.78 is 0. The van der Waals surface area contributed by atoms with Crippen LogP contribution in [-0.2, 0) is 4.79 Å². The standard InChI is InChI=1S/C10H21N3O/c1-11-10(14)4-6-13(2)8-9-3-5-12-7-9/h9,12H,3-8H2,1-2H3,(H,11,14). The van der Waals surface area contributed by atoms with Crippen LogP contribution in [0.5, 0.6) is 0 Å². The van der Waals surface area contributed by atoms with Crippen molar-refractivity contribution in [2.45, 2.75) is 12.8 Å². The first kappa shape index (κ1) is 11.5. The van der Waals surface area contributed by atoms with Gasteiger partial charge in [0.25, 0.3) is 0 Å². The van der Waals surface area contributed by atoms with Crippen molar-refractivity contribution in [1.82, 2.24) is 15.5 Å². The van der Waals surface area contributed by atoms with Gasteiger partial charge in [-0.25, -0.2) is 0 Å². The Bertz CT molecular complexity index is 178. The van der Waals surface area contributed by atoms with Crippen LogP contribution in [0.2, 0.25) is 0 Å². The normalized spacial score (nSPS) is 21.5. The fourth-order valence-corrected chi connectivity index (χ4v) is 1.82. The molecule has 0 spiro atoms. The van der Waals surface area contributed by atoms with Gasteiger partial charge in [-0.05, 0) is 32.5 Å². The van der Waals surface area contributed by atoms with Gasteiger partial charge in [0.2, 0.25) is 5.91 Å². The quantitative estimate of drug-likeness (QED) is 0.637. The molecule has 0 radical (unpaired) electrons. The first-order valence-corrected chi connectivity index (χ1v) is 5.32. The summed E-state index contributed by atoms with van der Waals surface area (Å²) in [7, 11) is 3.77. The van der Waals surface area contributed by atoms with Crippen LogP contribution < -0.4 is 10.6 Å². The van der Waals surface area contributed by atoms with E-state index in [0.29, 0.717) is 6.42 Å². The molecule has 2 N–H and O–H groups in total. The molecule has 1 rings (SSSR count). The average molecular weight is 199 g/mol. The van der Waals surface area contributed by atoms with Crippen LogP contribution >= 0.6 is 0 Å². The molecular formula is C10H21N3O. The van der Waals surface area contributed by atoms with E-state index in [1.54, 1.807) is 7.05 Å². The Morgan fingerprint density at radius 1 is 1.64 bits per heavy atom. The van der Waals surface area contributed by atoms with Crippen molar-refractivity contribution in [2.24, 2.45) is 5.92 Å². The second kappa shape index (κ2) is 5.98. The Labute approximate surface area is 86.0 Å². The zero-order valence-electron chi connectivity index (χ0n) is 9.18. The minimum absolute atomic E-state index is 0.126. The third-order valence-corrected chi connectivity index (χ3v) is 2.73. The summed E-state index contributed by atoms with van der Waals surface area (Å²) in [6.07, 6.45) is 1.87. The van der Waals surface area contributed by atoms with Crippen LogP contribution in [0.25, 0.3) is 0 Å². The highest BCUT2D eigenvalue weighted by molar-refractivity contribution is 5.75. The van der Waals surface area contributed by atoms with Gasteiger partial charge in [-0.1, -0.05) is 0 Å². The van der Waals surface area contributed by atoms with E-state index in [0.717, 1.165) is 32.1 Å². The van der Waals surface area contributed by atoms with Gasteiger partial charge in [0.05, 0.1) is 0 Å². The fourth-order valence-electron chi connectivity index (χ4n) is 1.82. The smallest absolute Gasteiger partial charge is 0.221 e. The summed E-state index contributed by atoms with van der Waals surface area (Å²) in [4.78, 5) is 13.2. The number of nitrogens with zero attached hydrogens (tertiary/aromatic N) is 1. The highest BCUT2D eigenvalue weighted by Crippen LogP contribution is 2.08. The summed E-state index contributed by atoms with van der Waals surface area (Å²) in [6.45, 7) is 4.23. The van der Waals surface area contributed by atoms with Crippen molar-refractivity contribution in [2.75, 3.05) is 40.3 Å². The molecule has 1 saturated heterocycles. The fraction of sp³-hybridized carbons (Fsp3) is 0.900. The molecule has 1 fully saturated rings. The third kappa shape index (κ3) is 4.07. The van der Waals surface area contributed by atoms with E-state index in [9.17, 15) is 4.79 Å². The van der Waals surface area contributed by atoms with Gasteiger partial charge in [0.1, 0.15) is 0 Å². The van der Waals surface area contributed by atoms with E-state index in [-0.39, 0.29) is 5.91 Å². The molecule has 1 heterocycles. The van der Waals surface area contributed by atoms with Crippen LogP contribution in [0.15, 0.2) is 0 Å².